The number of phenols is 1. The predicted octanol–water partition coefficient (Wildman–Crippen LogP) is 5.00. The maximum Gasteiger partial charge on any atom is 0.271 e. The Morgan fingerprint density at radius 1 is 0.889 bits per heavy atom. The average Bonchev–Trinajstić information content (AvgIpc) is 3.10. The van der Waals surface area contributed by atoms with Gasteiger partial charge in [0.05, 0.1) is 26.8 Å². The lowest BCUT2D eigenvalue weighted by molar-refractivity contribution is 0.0755. The SMILES string of the molecule is COc1ccc(CN2CC=C(c3ccc(O)cc3)c3c(n(C)c4cc(OC)c(OC)cc34)C2=O)cc1. The molecular weight excluding hydrogens is 456 g/mol. The van der Waals surface area contributed by atoms with Crippen molar-refractivity contribution in [1.82, 2.24) is 9.47 Å². The number of hydrogen-bond donors (Lipinski definition) is 1. The van der Waals surface area contributed by atoms with Gasteiger partial charge < -0.3 is 28.8 Å². The third-order valence-corrected chi connectivity index (χ3v) is 6.69. The number of fused-ring (bicyclic) bond motifs is 3. The van der Waals surface area contributed by atoms with E-state index in [2.05, 4.69) is 6.08 Å². The van der Waals surface area contributed by atoms with Gasteiger partial charge in [0.15, 0.2) is 11.5 Å². The number of benzene rings is 3. The Morgan fingerprint density at radius 3 is 2.19 bits per heavy atom. The Labute approximate surface area is 209 Å². The van der Waals surface area contributed by atoms with Crippen LogP contribution in [0.25, 0.3) is 16.5 Å². The smallest absolute Gasteiger partial charge is 0.271 e. The number of ether oxygens (including phenoxy) is 3. The molecule has 0 saturated heterocycles. The highest BCUT2D eigenvalue weighted by Crippen LogP contribution is 2.42. The second kappa shape index (κ2) is 9.34. The summed E-state index contributed by atoms with van der Waals surface area (Å²) in [4.78, 5) is 15.9. The third-order valence-electron chi connectivity index (χ3n) is 6.69. The van der Waals surface area contributed by atoms with Gasteiger partial charge in [-0.25, -0.2) is 0 Å². The minimum atomic E-state index is -0.0671. The van der Waals surface area contributed by atoms with Crippen LogP contribution in [0.3, 0.4) is 0 Å². The standard InChI is InChI=1S/C29H28N2O5/c1-30-24-16-26(36-4)25(35-3)15-23(24)27-22(19-7-9-20(32)10-8-19)13-14-31(29(33)28(27)30)17-18-5-11-21(34-2)12-6-18/h5-13,15-16,32H,14,17H2,1-4H3. The first kappa shape index (κ1) is 23.4. The number of rotatable bonds is 6. The molecule has 1 aliphatic heterocycles. The van der Waals surface area contributed by atoms with Crippen molar-refractivity contribution in [3.63, 3.8) is 0 Å². The molecule has 7 nitrogen and oxygen atoms in total. The zero-order chi connectivity index (χ0) is 25.4. The minimum absolute atomic E-state index is 0.0671. The van der Waals surface area contributed by atoms with Gasteiger partial charge in [0.25, 0.3) is 5.91 Å². The van der Waals surface area contributed by atoms with Crippen molar-refractivity contribution in [1.29, 1.82) is 0 Å². The summed E-state index contributed by atoms with van der Waals surface area (Å²) in [6.07, 6.45) is 2.08. The fourth-order valence-electron chi connectivity index (χ4n) is 4.81. The first-order chi connectivity index (χ1) is 17.4. The first-order valence-corrected chi connectivity index (χ1v) is 11.6. The zero-order valence-electron chi connectivity index (χ0n) is 20.7. The Hall–Kier alpha value is -4.39. The van der Waals surface area contributed by atoms with E-state index in [4.69, 9.17) is 14.2 Å². The number of methoxy groups -OCH3 is 3. The topological polar surface area (TPSA) is 73.2 Å². The van der Waals surface area contributed by atoms with Gasteiger partial charge in [0, 0.05) is 37.2 Å². The van der Waals surface area contributed by atoms with Crippen LogP contribution in [-0.4, -0.2) is 48.4 Å². The van der Waals surface area contributed by atoms with Gasteiger partial charge in [-0.1, -0.05) is 30.3 Å². The monoisotopic (exact) mass is 484 g/mol. The van der Waals surface area contributed by atoms with Crippen molar-refractivity contribution in [3.05, 3.63) is 89.1 Å². The second-order valence-electron chi connectivity index (χ2n) is 8.71. The summed E-state index contributed by atoms with van der Waals surface area (Å²) in [6, 6.07) is 18.6. The van der Waals surface area contributed by atoms with Gasteiger partial charge in [0.1, 0.15) is 17.2 Å². The summed E-state index contributed by atoms with van der Waals surface area (Å²) < 4.78 is 18.3. The van der Waals surface area contributed by atoms with Crippen LogP contribution in [0.1, 0.15) is 27.2 Å². The van der Waals surface area contributed by atoms with E-state index in [0.717, 1.165) is 38.9 Å². The van der Waals surface area contributed by atoms with Crippen LogP contribution < -0.4 is 14.2 Å². The average molecular weight is 485 g/mol. The fourth-order valence-corrected chi connectivity index (χ4v) is 4.81. The number of phenolic OH excluding ortho intramolecular Hbond substituents is 1. The number of carbonyl (C=O) groups excluding carboxylic acids is 1. The first-order valence-electron chi connectivity index (χ1n) is 11.6. The maximum atomic E-state index is 14.0. The van der Waals surface area contributed by atoms with E-state index in [1.807, 2.05) is 65.0 Å². The Morgan fingerprint density at radius 2 is 1.56 bits per heavy atom. The quantitative estimate of drug-likeness (QED) is 0.417. The molecule has 184 valence electrons. The number of amides is 1. The molecule has 36 heavy (non-hydrogen) atoms. The lowest BCUT2D eigenvalue weighted by atomic mass is 9.95. The number of aryl methyl sites for hydroxylation is 1. The van der Waals surface area contributed by atoms with Gasteiger partial charge in [-0.2, -0.15) is 0 Å². The highest BCUT2D eigenvalue weighted by molar-refractivity contribution is 6.11. The predicted molar refractivity (Wildman–Crippen MR) is 139 cm³/mol. The van der Waals surface area contributed by atoms with Crippen LogP contribution in [0.4, 0.5) is 0 Å². The molecule has 5 rings (SSSR count). The van der Waals surface area contributed by atoms with Gasteiger partial charge in [0.2, 0.25) is 0 Å². The van der Waals surface area contributed by atoms with Crippen molar-refractivity contribution in [2.24, 2.45) is 7.05 Å². The Bertz CT molecular complexity index is 1470. The largest absolute Gasteiger partial charge is 0.508 e. The molecule has 7 heteroatoms. The number of carbonyl (C=O) groups is 1. The van der Waals surface area contributed by atoms with E-state index in [0.29, 0.717) is 30.3 Å². The summed E-state index contributed by atoms with van der Waals surface area (Å²) in [5.41, 5.74) is 5.13. The van der Waals surface area contributed by atoms with Crippen LogP contribution in [-0.2, 0) is 13.6 Å². The molecular formula is C29H28N2O5. The fraction of sp³-hybridized carbons (Fsp3) is 0.207. The van der Waals surface area contributed by atoms with E-state index in [9.17, 15) is 9.90 Å². The summed E-state index contributed by atoms with van der Waals surface area (Å²) in [7, 11) is 6.73. The van der Waals surface area contributed by atoms with Crippen molar-refractivity contribution < 1.29 is 24.1 Å². The molecule has 1 amide bonds. The molecule has 1 aliphatic rings. The number of aromatic nitrogens is 1. The van der Waals surface area contributed by atoms with Gasteiger partial charge in [-0.05, 0) is 47.0 Å². The van der Waals surface area contributed by atoms with Crippen molar-refractivity contribution in [2.45, 2.75) is 6.54 Å². The normalized spacial score (nSPS) is 13.3. The zero-order valence-corrected chi connectivity index (χ0v) is 20.7. The van der Waals surface area contributed by atoms with Gasteiger partial charge in [-0.3, -0.25) is 4.79 Å². The third kappa shape index (κ3) is 3.92. The van der Waals surface area contributed by atoms with Crippen molar-refractivity contribution in [2.75, 3.05) is 27.9 Å². The van der Waals surface area contributed by atoms with E-state index in [1.54, 1.807) is 33.5 Å². The molecule has 3 aromatic carbocycles. The van der Waals surface area contributed by atoms with Gasteiger partial charge in [-0.15, -0.1) is 0 Å². The van der Waals surface area contributed by atoms with Crippen molar-refractivity contribution >= 4 is 22.4 Å². The van der Waals surface area contributed by atoms with Crippen LogP contribution in [0.15, 0.2) is 66.7 Å². The summed E-state index contributed by atoms with van der Waals surface area (Å²) in [5, 5.41) is 10.8. The van der Waals surface area contributed by atoms with E-state index in [-0.39, 0.29) is 11.7 Å². The number of hydrogen-bond acceptors (Lipinski definition) is 5. The molecule has 1 N–H and O–H groups in total. The minimum Gasteiger partial charge on any atom is -0.508 e. The summed E-state index contributed by atoms with van der Waals surface area (Å²) in [5.74, 6) is 2.08. The van der Waals surface area contributed by atoms with Crippen molar-refractivity contribution in [3.8, 4) is 23.0 Å². The lowest BCUT2D eigenvalue weighted by Gasteiger charge is -2.21. The molecule has 4 aromatic rings. The number of nitrogens with zero attached hydrogens (tertiary/aromatic N) is 2. The molecule has 1 aromatic heterocycles. The molecule has 0 bridgehead atoms. The maximum absolute atomic E-state index is 14.0. The van der Waals surface area contributed by atoms with E-state index in [1.165, 1.54) is 0 Å². The lowest BCUT2D eigenvalue weighted by Crippen LogP contribution is -2.31. The van der Waals surface area contributed by atoms with Crippen LogP contribution in [0.5, 0.6) is 23.0 Å². The molecule has 0 atom stereocenters. The summed E-state index contributed by atoms with van der Waals surface area (Å²) >= 11 is 0. The highest BCUT2D eigenvalue weighted by Gasteiger charge is 2.31. The molecule has 2 heterocycles. The molecule has 0 unspecified atom stereocenters. The molecule has 0 aliphatic carbocycles. The number of aromatic hydroxyl groups is 1. The van der Waals surface area contributed by atoms with E-state index >= 15 is 0 Å². The molecule has 0 fully saturated rings. The van der Waals surface area contributed by atoms with Gasteiger partial charge >= 0.3 is 0 Å². The Balaban J connectivity index is 1.70. The molecule has 0 radical (unpaired) electrons. The highest BCUT2D eigenvalue weighted by atomic mass is 16.5. The molecule has 0 spiro atoms. The van der Waals surface area contributed by atoms with E-state index < -0.39 is 0 Å². The summed E-state index contributed by atoms with van der Waals surface area (Å²) in [6.45, 7) is 0.889. The van der Waals surface area contributed by atoms with Crippen LogP contribution in [0.2, 0.25) is 0 Å². The van der Waals surface area contributed by atoms with Crippen LogP contribution >= 0.6 is 0 Å². The Kier molecular flexibility index (Phi) is 6.06. The molecule has 0 saturated carbocycles. The van der Waals surface area contributed by atoms with Crippen LogP contribution in [0, 0.1) is 0 Å². The second-order valence-corrected chi connectivity index (χ2v) is 8.71.